The van der Waals surface area contributed by atoms with Gasteiger partial charge in [0.2, 0.25) is 0 Å². The highest BCUT2D eigenvalue weighted by Gasteiger charge is 2.37. The van der Waals surface area contributed by atoms with Crippen LogP contribution in [0.1, 0.15) is 44.1 Å². The van der Waals surface area contributed by atoms with Gasteiger partial charge >= 0.3 is 0 Å². The van der Waals surface area contributed by atoms with Gasteiger partial charge in [0.1, 0.15) is 5.82 Å². The van der Waals surface area contributed by atoms with Crippen molar-refractivity contribution in [3.63, 3.8) is 0 Å². The van der Waals surface area contributed by atoms with Crippen LogP contribution in [0.4, 0.5) is 10.1 Å². The van der Waals surface area contributed by atoms with Crippen molar-refractivity contribution >= 4 is 5.69 Å². The number of anilines is 1. The SMILES string of the molecule is NC1(c2cc(F)ccc2N2CCCCC2)CCC1. The Morgan fingerprint density at radius 2 is 1.78 bits per heavy atom. The molecule has 2 aliphatic rings. The van der Waals surface area contributed by atoms with E-state index in [9.17, 15) is 4.39 Å². The van der Waals surface area contributed by atoms with Gasteiger partial charge in [-0.3, -0.25) is 0 Å². The maximum atomic E-state index is 13.5. The number of rotatable bonds is 2. The Bertz CT molecular complexity index is 434. The minimum absolute atomic E-state index is 0.164. The van der Waals surface area contributed by atoms with Crippen molar-refractivity contribution in [3.8, 4) is 0 Å². The molecule has 0 bridgehead atoms. The lowest BCUT2D eigenvalue weighted by Gasteiger charge is -2.42. The van der Waals surface area contributed by atoms with Crippen molar-refractivity contribution in [1.29, 1.82) is 0 Å². The minimum atomic E-state index is -0.283. The van der Waals surface area contributed by atoms with Gasteiger partial charge in [-0.05, 0) is 62.3 Å². The predicted molar refractivity (Wildman–Crippen MR) is 72.2 cm³/mol. The van der Waals surface area contributed by atoms with Gasteiger partial charge in [0.15, 0.2) is 0 Å². The lowest BCUT2D eigenvalue weighted by atomic mass is 9.72. The third-order valence-electron chi connectivity index (χ3n) is 4.44. The van der Waals surface area contributed by atoms with Crippen LogP contribution in [-0.4, -0.2) is 13.1 Å². The van der Waals surface area contributed by atoms with Crippen molar-refractivity contribution in [1.82, 2.24) is 0 Å². The van der Waals surface area contributed by atoms with E-state index >= 15 is 0 Å². The number of hydrogen-bond acceptors (Lipinski definition) is 2. The summed E-state index contributed by atoms with van der Waals surface area (Å²) in [6.07, 6.45) is 6.89. The Morgan fingerprint density at radius 1 is 1.06 bits per heavy atom. The number of piperidine rings is 1. The maximum Gasteiger partial charge on any atom is 0.123 e. The van der Waals surface area contributed by atoms with E-state index in [1.807, 2.05) is 6.07 Å². The fourth-order valence-electron chi connectivity index (χ4n) is 3.14. The van der Waals surface area contributed by atoms with E-state index < -0.39 is 0 Å². The third kappa shape index (κ3) is 2.01. The van der Waals surface area contributed by atoms with Crippen LogP contribution in [0, 0.1) is 5.82 Å². The highest BCUT2D eigenvalue weighted by Crippen LogP contribution is 2.43. The second-order valence-corrected chi connectivity index (χ2v) is 5.72. The van der Waals surface area contributed by atoms with Crippen LogP contribution < -0.4 is 10.6 Å². The molecule has 1 saturated carbocycles. The van der Waals surface area contributed by atoms with E-state index in [1.54, 1.807) is 12.1 Å². The van der Waals surface area contributed by atoms with Gasteiger partial charge in [0, 0.05) is 24.3 Å². The van der Waals surface area contributed by atoms with Gasteiger partial charge in [-0.25, -0.2) is 4.39 Å². The van der Waals surface area contributed by atoms with E-state index in [0.29, 0.717) is 0 Å². The summed E-state index contributed by atoms with van der Waals surface area (Å²) in [6, 6.07) is 5.14. The molecule has 18 heavy (non-hydrogen) atoms. The molecular weight excluding hydrogens is 227 g/mol. The van der Waals surface area contributed by atoms with E-state index in [1.165, 1.54) is 24.9 Å². The molecule has 0 spiro atoms. The van der Waals surface area contributed by atoms with Gasteiger partial charge in [-0.15, -0.1) is 0 Å². The fraction of sp³-hybridized carbons (Fsp3) is 0.600. The summed E-state index contributed by atoms with van der Waals surface area (Å²) in [6.45, 7) is 2.16. The summed E-state index contributed by atoms with van der Waals surface area (Å²) >= 11 is 0. The molecule has 1 aromatic carbocycles. The molecule has 0 amide bonds. The summed E-state index contributed by atoms with van der Waals surface area (Å²) in [5.74, 6) is -0.164. The number of nitrogens with two attached hydrogens (primary N) is 1. The van der Waals surface area contributed by atoms with Crippen molar-refractivity contribution < 1.29 is 4.39 Å². The molecule has 2 N–H and O–H groups in total. The standard InChI is InChI=1S/C15H21FN2/c16-12-5-6-14(18-9-2-1-3-10-18)13(11-12)15(17)7-4-8-15/h5-6,11H,1-4,7-10,17H2. The molecule has 98 valence electrons. The second-order valence-electron chi connectivity index (χ2n) is 5.72. The van der Waals surface area contributed by atoms with Crippen LogP contribution >= 0.6 is 0 Å². The highest BCUT2D eigenvalue weighted by molar-refractivity contribution is 5.57. The van der Waals surface area contributed by atoms with E-state index in [0.717, 1.165) is 37.9 Å². The Hall–Kier alpha value is -1.09. The zero-order valence-electron chi connectivity index (χ0n) is 10.8. The first kappa shape index (κ1) is 12.0. The quantitative estimate of drug-likeness (QED) is 0.871. The monoisotopic (exact) mass is 248 g/mol. The van der Waals surface area contributed by atoms with E-state index in [-0.39, 0.29) is 11.4 Å². The summed E-state index contributed by atoms with van der Waals surface area (Å²) in [5, 5.41) is 0. The maximum absolute atomic E-state index is 13.5. The molecule has 2 nitrogen and oxygen atoms in total. The zero-order chi connectivity index (χ0) is 12.6. The molecule has 0 radical (unpaired) electrons. The van der Waals surface area contributed by atoms with E-state index in [4.69, 9.17) is 5.73 Å². The van der Waals surface area contributed by atoms with Crippen molar-refractivity contribution in [2.24, 2.45) is 5.73 Å². The van der Waals surface area contributed by atoms with Crippen LogP contribution in [0.3, 0.4) is 0 Å². The van der Waals surface area contributed by atoms with Crippen LogP contribution in [0.15, 0.2) is 18.2 Å². The number of nitrogens with zero attached hydrogens (tertiary/aromatic N) is 1. The van der Waals surface area contributed by atoms with Gasteiger partial charge in [-0.1, -0.05) is 0 Å². The molecule has 1 saturated heterocycles. The molecule has 0 unspecified atom stereocenters. The summed E-state index contributed by atoms with van der Waals surface area (Å²) in [5.41, 5.74) is 8.31. The topological polar surface area (TPSA) is 29.3 Å². The zero-order valence-corrected chi connectivity index (χ0v) is 10.8. The molecule has 1 aliphatic heterocycles. The van der Waals surface area contributed by atoms with E-state index in [2.05, 4.69) is 4.90 Å². The molecule has 3 rings (SSSR count). The molecular formula is C15H21FN2. The molecule has 2 fully saturated rings. The average Bonchev–Trinajstić information content (AvgIpc) is 2.37. The van der Waals surface area contributed by atoms with Crippen LogP contribution in [0.5, 0.6) is 0 Å². The Balaban J connectivity index is 1.97. The first-order valence-corrected chi connectivity index (χ1v) is 7.03. The first-order chi connectivity index (χ1) is 8.69. The van der Waals surface area contributed by atoms with Gasteiger partial charge in [0.05, 0.1) is 0 Å². The summed E-state index contributed by atoms with van der Waals surface area (Å²) < 4.78 is 13.5. The van der Waals surface area contributed by atoms with Gasteiger partial charge in [-0.2, -0.15) is 0 Å². The smallest absolute Gasteiger partial charge is 0.123 e. The second kappa shape index (κ2) is 4.54. The number of hydrogen-bond donors (Lipinski definition) is 1. The Labute approximate surface area is 108 Å². The van der Waals surface area contributed by atoms with Gasteiger partial charge < -0.3 is 10.6 Å². The van der Waals surface area contributed by atoms with Gasteiger partial charge in [0.25, 0.3) is 0 Å². The van der Waals surface area contributed by atoms with Crippen molar-refractivity contribution in [2.75, 3.05) is 18.0 Å². The summed E-state index contributed by atoms with van der Waals surface area (Å²) in [7, 11) is 0. The fourth-order valence-corrected chi connectivity index (χ4v) is 3.14. The molecule has 1 aromatic rings. The first-order valence-electron chi connectivity index (χ1n) is 7.03. The largest absolute Gasteiger partial charge is 0.371 e. The number of halogens is 1. The third-order valence-corrected chi connectivity index (χ3v) is 4.44. The van der Waals surface area contributed by atoms with Crippen LogP contribution in [0.25, 0.3) is 0 Å². The molecule has 3 heteroatoms. The predicted octanol–water partition coefficient (Wildman–Crippen LogP) is 3.15. The molecule has 1 aliphatic carbocycles. The van der Waals surface area contributed by atoms with Crippen molar-refractivity contribution in [3.05, 3.63) is 29.6 Å². The number of benzene rings is 1. The van der Waals surface area contributed by atoms with Crippen LogP contribution in [-0.2, 0) is 5.54 Å². The molecule has 0 aromatic heterocycles. The molecule has 0 atom stereocenters. The molecule has 1 heterocycles. The normalized spacial score (nSPS) is 22.7. The Morgan fingerprint density at radius 3 is 2.39 bits per heavy atom. The highest BCUT2D eigenvalue weighted by atomic mass is 19.1. The van der Waals surface area contributed by atoms with Crippen LogP contribution in [0.2, 0.25) is 0 Å². The van der Waals surface area contributed by atoms with Crippen molar-refractivity contribution in [2.45, 2.75) is 44.1 Å². The average molecular weight is 248 g/mol. The minimum Gasteiger partial charge on any atom is -0.371 e. The lowest BCUT2D eigenvalue weighted by molar-refractivity contribution is 0.253. The lowest BCUT2D eigenvalue weighted by Crippen LogP contribution is -2.45. The Kier molecular flexibility index (Phi) is 3.02. The summed E-state index contributed by atoms with van der Waals surface area (Å²) in [4.78, 5) is 2.38.